The lowest BCUT2D eigenvalue weighted by Gasteiger charge is -2.20. The van der Waals surface area contributed by atoms with Gasteiger partial charge >= 0.3 is 0 Å². The summed E-state index contributed by atoms with van der Waals surface area (Å²) in [7, 11) is 3.84. The molecule has 0 aliphatic heterocycles. The van der Waals surface area contributed by atoms with E-state index in [2.05, 4.69) is 0 Å². The van der Waals surface area contributed by atoms with Gasteiger partial charge in [-0.2, -0.15) is 0 Å². The Morgan fingerprint density at radius 2 is 2.09 bits per heavy atom. The molecule has 3 heteroatoms. The number of hydrogen-bond acceptors (Lipinski definition) is 3. The maximum Gasteiger partial charge on any atom is 0.146 e. The molecule has 0 aliphatic rings. The number of hydrogen-bond donors (Lipinski definition) is 1. The number of ketones is 1. The smallest absolute Gasteiger partial charge is 0.146 e. The summed E-state index contributed by atoms with van der Waals surface area (Å²) in [5.41, 5.74) is 5.35. The van der Waals surface area contributed by atoms with Gasteiger partial charge in [-0.1, -0.05) is 0 Å². The van der Waals surface area contributed by atoms with Crippen molar-refractivity contribution in [3.8, 4) is 0 Å². The van der Waals surface area contributed by atoms with Gasteiger partial charge in [0.05, 0.1) is 6.04 Å². The average Bonchev–Trinajstić information content (AvgIpc) is 1.87. The van der Waals surface area contributed by atoms with E-state index in [9.17, 15) is 4.79 Å². The third-order valence-corrected chi connectivity index (χ3v) is 1.77. The molecule has 66 valence electrons. The van der Waals surface area contributed by atoms with Crippen molar-refractivity contribution in [1.82, 2.24) is 4.90 Å². The second-order valence-electron chi connectivity index (χ2n) is 3.02. The Bertz CT molecular complexity index is 123. The fourth-order valence-corrected chi connectivity index (χ4v) is 1.14. The summed E-state index contributed by atoms with van der Waals surface area (Å²) < 4.78 is 0. The van der Waals surface area contributed by atoms with Crippen LogP contribution in [0, 0.1) is 0 Å². The van der Waals surface area contributed by atoms with Gasteiger partial charge in [-0.25, -0.2) is 0 Å². The van der Waals surface area contributed by atoms with Crippen molar-refractivity contribution in [1.29, 1.82) is 0 Å². The van der Waals surface area contributed by atoms with Gasteiger partial charge in [-0.15, -0.1) is 0 Å². The summed E-state index contributed by atoms with van der Waals surface area (Å²) in [5.74, 6) is 0.225. The van der Waals surface area contributed by atoms with E-state index in [-0.39, 0.29) is 11.8 Å². The normalized spacial score (nSPS) is 13.5. The SMILES string of the molecule is CC(=O)[C@@H](CCCN)N(C)C. The predicted molar refractivity (Wildman–Crippen MR) is 46.4 cm³/mol. The van der Waals surface area contributed by atoms with Crippen LogP contribution >= 0.6 is 0 Å². The number of carbonyl (C=O) groups excluding carboxylic acids is 1. The minimum atomic E-state index is 0.0542. The van der Waals surface area contributed by atoms with Crippen molar-refractivity contribution >= 4 is 5.78 Å². The number of carbonyl (C=O) groups is 1. The van der Waals surface area contributed by atoms with Crippen LogP contribution in [0.5, 0.6) is 0 Å². The number of rotatable bonds is 5. The highest BCUT2D eigenvalue weighted by Crippen LogP contribution is 2.03. The van der Waals surface area contributed by atoms with Crippen LogP contribution in [0.25, 0.3) is 0 Å². The number of nitrogens with two attached hydrogens (primary N) is 1. The van der Waals surface area contributed by atoms with E-state index in [1.165, 1.54) is 0 Å². The summed E-state index contributed by atoms with van der Waals surface area (Å²) in [5, 5.41) is 0. The zero-order valence-electron chi connectivity index (χ0n) is 7.63. The number of likely N-dealkylation sites (N-methyl/N-ethyl adjacent to an activating group) is 1. The fourth-order valence-electron chi connectivity index (χ4n) is 1.14. The summed E-state index contributed by atoms with van der Waals surface area (Å²) in [6, 6.07) is 0.0542. The van der Waals surface area contributed by atoms with E-state index >= 15 is 0 Å². The van der Waals surface area contributed by atoms with E-state index < -0.39 is 0 Å². The molecule has 0 radical (unpaired) electrons. The molecule has 11 heavy (non-hydrogen) atoms. The van der Waals surface area contributed by atoms with E-state index in [0.29, 0.717) is 6.54 Å². The first-order chi connectivity index (χ1) is 5.09. The standard InChI is InChI=1S/C8H18N2O/c1-7(11)8(10(2)3)5-4-6-9/h8H,4-6,9H2,1-3H3/t8-/m1/s1. The van der Waals surface area contributed by atoms with Gasteiger partial charge in [-0.3, -0.25) is 9.69 Å². The summed E-state index contributed by atoms with van der Waals surface area (Å²) in [6.45, 7) is 2.29. The third kappa shape index (κ3) is 4.11. The monoisotopic (exact) mass is 158 g/mol. The Morgan fingerprint density at radius 3 is 2.36 bits per heavy atom. The molecule has 0 unspecified atom stereocenters. The maximum atomic E-state index is 11.0. The van der Waals surface area contributed by atoms with Crippen molar-refractivity contribution in [2.24, 2.45) is 5.73 Å². The van der Waals surface area contributed by atoms with Crippen molar-refractivity contribution in [2.75, 3.05) is 20.6 Å². The molecule has 0 fully saturated rings. The summed E-state index contributed by atoms with van der Waals surface area (Å²) in [6.07, 6.45) is 1.79. The first kappa shape index (κ1) is 10.6. The third-order valence-electron chi connectivity index (χ3n) is 1.77. The van der Waals surface area contributed by atoms with Crippen LogP contribution < -0.4 is 5.73 Å². The fraction of sp³-hybridized carbons (Fsp3) is 0.875. The molecule has 0 aliphatic carbocycles. The molecular weight excluding hydrogens is 140 g/mol. The zero-order valence-corrected chi connectivity index (χ0v) is 7.63. The minimum absolute atomic E-state index is 0.0542. The Balaban J connectivity index is 3.80. The van der Waals surface area contributed by atoms with Gasteiger partial charge < -0.3 is 5.73 Å². The van der Waals surface area contributed by atoms with E-state index in [0.717, 1.165) is 12.8 Å². The van der Waals surface area contributed by atoms with Crippen LogP contribution in [-0.2, 0) is 4.79 Å². The van der Waals surface area contributed by atoms with Crippen molar-refractivity contribution in [3.63, 3.8) is 0 Å². The average molecular weight is 158 g/mol. The lowest BCUT2D eigenvalue weighted by atomic mass is 10.1. The minimum Gasteiger partial charge on any atom is -0.330 e. The lowest BCUT2D eigenvalue weighted by Crippen LogP contribution is -2.34. The molecule has 0 aromatic heterocycles. The van der Waals surface area contributed by atoms with E-state index in [1.807, 2.05) is 19.0 Å². The maximum absolute atomic E-state index is 11.0. The molecule has 2 N–H and O–H groups in total. The van der Waals surface area contributed by atoms with Gasteiger partial charge in [0.1, 0.15) is 5.78 Å². The molecular formula is C8H18N2O. The Hall–Kier alpha value is -0.410. The first-order valence-corrected chi connectivity index (χ1v) is 3.96. The molecule has 1 atom stereocenters. The zero-order chi connectivity index (χ0) is 8.85. The summed E-state index contributed by atoms with van der Waals surface area (Å²) in [4.78, 5) is 13.0. The summed E-state index contributed by atoms with van der Waals surface area (Å²) >= 11 is 0. The van der Waals surface area contributed by atoms with Crippen LogP contribution in [0.3, 0.4) is 0 Å². The van der Waals surface area contributed by atoms with Crippen LogP contribution in [0.4, 0.5) is 0 Å². The molecule has 0 heterocycles. The molecule has 0 rings (SSSR count). The Morgan fingerprint density at radius 1 is 1.55 bits per heavy atom. The number of nitrogens with zero attached hydrogens (tertiary/aromatic N) is 1. The van der Waals surface area contributed by atoms with Crippen molar-refractivity contribution < 1.29 is 4.79 Å². The molecule has 0 amide bonds. The quantitative estimate of drug-likeness (QED) is 0.623. The van der Waals surface area contributed by atoms with Crippen LogP contribution in [0.2, 0.25) is 0 Å². The topological polar surface area (TPSA) is 46.3 Å². The molecule has 0 saturated carbocycles. The van der Waals surface area contributed by atoms with Crippen LogP contribution in [0.15, 0.2) is 0 Å². The van der Waals surface area contributed by atoms with Gasteiger partial charge in [-0.05, 0) is 40.4 Å². The molecule has 0 saturated heterocycles. The van der Waals surface area contributed by atoms with E-state index in [4.69, 9.17) is 5.73 Å². The lowest BCUT2D eigenvalue weighted by molar-refractivity contribution is -0.121. The van der Waals surface area contributed by atoms with Crippen LogP contribution in [-0.4, -0.2) is 37.4 Å². The second kappa shape index (κ2) is 5.27. The Labute approximate surface area is 68.6 Å². The van der Waals surface area contributed by atoms with Crippen LogP contribution in [0.1, 0.15) is 19.8 Å². The largest absolute Gasteiger partial charge is 0.330 e. The van der Waals surface area contributed by atoms with Crippen molar-refractivity contribution in [3.05, 3.63) is 0 Å². The highest BCUT2D eigenvalue weighted by atomic mass is 16.1. The van der Waals surface area contributed by atoms with Gasteiger partial charge in [0, 0.05) is 0 Å². The molecule has 0 spiro atoms. The predicted octanol–water partition coefficient (Wildman–Crippen LogP) is 0.244. The van der Waals surface area contributed by atoms with Gasteiger partial charge in [0.25, 0.3) is 0 Å². The Kier molecular flexibility index (Phi) is 5.07. The molecule has 0 aromatic rings. The highest BCUT2D eigenvalue weighted by molar-refractivity contribution is 5.81. The van der Waals surface area contributed by atoms with Gasteiger partial charge in [0.2, 0.25) is 0 Å². The molecule has 0 bridgehead atoms. The highest BCUT2D eigenvalue weighted by Gasteiger charge is 2.14. The van der Waals surface area contributed by atoms with Crippen molar-refractivity contribution in [2.45, 2.75) is 25.8 Å². The molecule has 0 aromatic carbocycles. The number of Topliss-reactive ketones (excluding diaryl/α,β-unsaturated/α-hetero) is 1. The first-order valence-electron chi connectivity index (χ1n) is 3.96. The van der Waals surface area contributed by atoms with E-state index in [1.54, 1.807) is 6.92 Å². The van der Waals surface area contributed by atoms with Gasteiger partial charge in [0.15, 0.2) is 0 Å². The molecule has 3 nitrogen and oxygen atoms in total. The second-order valence-corrected chi connectivity index (χ2v) is 3.02.